The SMILES string of the molecule is CCc1c(C)cnc(CN2c3nc(N)ncc3NC(=O)[C@@H]2C)c1C. The Bertz CT molecular complexity index is 804. The summed E-state index contributed by atoms with van der Waals surface area (Å²) in [5, 5.41) is 2.82. The number of anilines is 3. The molecule has 126 valence electrons. The lowest BCUT2D eigenvalue weighted by Crippen LogP contribution is -2.46. The molecule has 3 N–H and O–H groups in total. The highest BCUT2D eigenvalue weighted by molar-refractivity contribution is 6.02. The predicted molar refractivity (Wildman–Crippen MR) is 93.8 cm³/mol. The fourth-order valence-corrected chi connectivity index (χ4v) is 3.15. The first-order valence-corrected chi connectivity index (χ1v) is 8.06. The van der Waals surface area contributed by atoms with E-state index >= 15 is 0 Å². The van der Waals surface area contributed by atoms with Crippen LogP contribution in [-0.2, 0) is 17.8 Å². The minimum atomic E-state index is -0.362. The first kappa shape index (κ1) is 16.2. The van der Waals surface area contributed by atoms with E-state index in [0.717, 1.165) is 12.1 Å². The second-order valence-corrected chi connectivity index (χ2v) is 6.10. The number of nitrogens with two attached hydrogens (primary N) is 1. The van der Waals surface area contributed by atoms with Gasteiger partial charge >= 0.3 is 0 Å². The van der Waals surface area contributed by atoms with E-state index in [0.29, 0.717) is 18.1 Å². The number of aryl methyl sites for hydroxylation is 1. The zero-order chi connectivity index (χ0) is 17.4. The number of nitrogens with zero attached hydrogens (tertiary/aromatic N) is 4. The molecule has 1 aliphatic heterocycles. The van der Waals surface area contributed by atoms with E-state index < -0.39 is 0 Å². The number of pyridine rings is 1. The largest absolute Gasteiger partial charge is 0.368 e. The van der Waals surface area contributed by atoms with Gasteiger partial charge in [0.25, 0.3) is 0 Å². The van der Waals surface area contributed by atoms with Crippen LogP contribution in [0.5, 0.6) is 0 Å². The maximum Gasteiger partial charge on any atom is 0.247 e. The zero-order valence-corrected chi connectivity index (χ0v) is 14.4. The molecule has 0 bridgehead atoms. The topological polar surface area (TPSA) is 97.0 Å². The van der Waals surface area contributed by atoms with Crippen molar-refractivity contribution in [1.82, 2.24) is 15.0 Å². The van der Waals surface area contributed by atoms with E-state index in [1.807, 2.05) is 18.0 Å². The van der Waals surface area contributed by atoms with Gasteiger partial charge in [-0.1, -0.05) is 6.92 Å². The smallest absolute Gasteiger partial charge is 0.247 e. The fraction of sp³-hybridized carbons (Fsp3) is 0.412. The monoisotopic (exact) mass is 326 g/mol. The summed E-state index contributed by atoms with van der Waals surface area (Å²) in [6.07, 6.45) is 4.39. The van der Waals surface area contributed by atoms with Gasteiger partial charge in [0.1, 0.15) is 11.7 Å². The van der Waals surface area contributed by atoms with Crippen LogP contribution in [0.2, 0.25) is 0 Å². The van der Waals surface area contributed by atoms with Crippen LogP contribution >= 0.6 is 0 Å². The molecule has 1 atom stereocenters. The summed E-state index contributed by atoms with van der Waals surface area (Å²) in [7, 11) is 0. The number of aromatic nitrogens is 3. The van der Waals surface area contributed by atoms with Gasteiger partial charge in [-0.25, -0.2) is 4.98 Å². The van der Waals surface area contributed by atoms with Crippen LogP contribution in [0.4, 0.5) is 17.5 Å². The third-order valence-electron chi connectivity index (χ3n) is 4.61. The van der Waals surface area contributed by atoms with Crippen molar-refractivity contribution >= 4 is 23.4 Å². The number of nitrogen functional groups attached to an aromatic ring is 1. The van der Waals surface area contributed by atoms with Gasteiger partial charge in [0.05, 0.1) is 18.4 Å². The number of nitrogens with one attached hydrogen (secondary N) is 1. The molecular weight excluding hydrogens is 304 g/mol. The Kier molecular flexibility index (Phi) is 4.09. The molecule has 0 radical (unpaired) electrons. The van der Waals surface area contributed by atoms with E-state index in [1.54, 1.807) is 6.20 Å². The molecule has 0 aromatic carbocycles. The number of carbonyl (C=O) groups is 1. The standard InChI is InChI=1S/C17H22N6O/c1-5-12-9(2)6-19-14(10(12)3)8-23-11(4)16(24)21-13-7-20-17(18)22-15(13)23/h6-7,11H,5,8H2,1-4H3,(H,21,24)(H2,18,20,22)/t11-/m0/s1. The number of hydrogen-bond donors (Lipinski definition) is 2. The molecule has 0 saturated heterocycles. The summed E-state index contributed by atoms with van der Waals surface area (Å²) in [6.45, 7) is 8.64. The lowest BCUT2D eigenvalue weighted by atomic mass is 10.0. The average molecular weight is 326 g/mol. The lowest BCUT2D eigenvalue weighted by molar-refractivity contribution is -0.117. The molecule has 24 heavy (non-hydrogen) atoms. The van der Waals surface area contributed by atoms with Crippen LogP contribution in [0, 0.1) is 13.8 Å². The first-order valence-electron chi connectivity index (χ1n) is 8.06. The zero-order valence-electron chi connectivity index (χ0n) is 14.4. The van der Waals surface area contributed by atoms with Gasteiger partial charge in [-0.2, -0.15) is 4.98 Å². The van der Waals surface area contributed by atoms with Crippen LogP contribution in [0.25, 0.3) is 0 Å². The molecule has 3 heterocycles. The Balaban J connectivity index is 2.04. The minimum absolute atomic E-state index is 0.0867. The second kappa shape index (κ2) is 6.07. The van der Waals surface area contributed by atoms with Gasteiger partial charge in [-0.05, 0) is 43.9 Å². The number of carbonyl (C=O) groups excluding carboxylic acids is 1. The highest BCUT2D eigenvalue weighted by Gasteiger charge is 2.32. The molecule has 0 saturated carbocycles. The van der Waals surface area contributed by atoms with Crippen LogP contribution in [0.1, 0.15) is 36.2 Å². The van der Waals surface area contributed by atoms with Crippen molar-refractivity contribution in [2.45, 2.75) is 46.7 Å². The third-order valence-corrected chi connectivity index (χ3v) is 4.61. The van der Waals surface area contributed by atoms with Gasteiger partial charge in [0.2, 0.25) is 11.9 Å². The van der Waals surface area contributed by atoms with Crippen LogP contribution in [0.3, 0.4) is 0 Å². The molecule has 7 heteroatoms. The molecular formula is C17H22N6O. The molecule has 1 amide bonds. The van der Waals surface area contributed by atoms with E-state index in [4.69, 9.17) is 5.73 Å². The highest BCUT2D eigenvalue weighted by atomic mass is 16.2. The van der Waals surface area contributed by atoms with E-state index in [1.165, 1.54) is 16.7 Å². The first-order chi connectivity index (χ1) is 11.4. The predicted octanol–water partition coefficient (Wildman–Crippen LogP) is 1.98. The Morgan fingerprint density at radius 3 is 2.75 bits per heavy atom. The summed E-state index contributed by atoms with van der Waals surface area (Å²) in [6, 6.07) is -0.362. The van der Waals surface area contributed by atoms with Gasteiger partial charge in [-0.15, -0.1) is 0 Å². The molecule has 1 aliphatic rings. The maximum absolute atomic E-state index is 12.2. The van der Waals surface area contributed by atoms with Crippen molar-refractivity contribution in [1.29, 1.82) is 0 Å². The molecule has 0 aliphatic carbocycles. The molecule has 2 aromatic heterocycles. The third kappa shape index (κ3) is 2.66. The number of fused-ring (bicyclic) bond motifs is 1. The molecule has 0 unspecified atom stereocenters. The Hall–Kier alpha value is -2.70. The molecule has 0 spiro atoms. The number of rotatable bonds is 3. The summed E-state index contributed by atoms with van der Waals surface area (Å²) in [5.41, 5.74) is 10.9. The van der Waals surface area contributed by atoms with Crippen molar-refractivity contribution < 1.29 is 4.79 Å². The summed E-state index contributed by atoms with van der Waals surface area (Å²) in [4.78, 5) is 27.0. The fourth-order valence-electron chi connectivity index (χ4n) is 3.15. The summed E-state index contributed by atoms with van der Waals surface area (Å²) in [5.74, 6) is 0.732. The molecule has 7 nitrogen and oxygen atoms in total. The van der Waals surface area contributed by atoms with Crippen molar-refractivity contribution in [3.05, 3.63) is 34.8 Å². The van der Waals surface area contributed by atoms with Crippen molar-refractivity contribution in [3.63, 3.8) is 0 Å². The Morgan fingerprint density at radius 2 is 2.04 bits per heavy atom. The molecule has 2 aromatic rings. The second-order valence-electron chi connectivity index (χ2n) is 6.10. The van der Waals surface area contributed by atoms with Gasteiger partial charge in [0.15, 0.2) is 5.82 Å². The van der Waals surface area contributed by atoms with E-state index in [-0.39, 0.29) is 17.9 Å². The van der Waals surface area contributed by atoms with Crippen molar-refractivity contribution in [3.8, 4) is 0 Å². The highest BCUT2D eigenvalue weighted by Crippen LogP contribution is 2.31. The molecule has 3 rings (SSSR count). The number of hydrogen-bond acceptors (Lipinski definition) is 6. The number of amides is 1. The van der Waals surface area contributed by atoms with Gasteiger partial charge < -0.3 is 16.0 Å². The normalized spacial score (nSPS) is 16.8. The van der Waals surface area contributed by atoms with Crippen LogP contribution in [-0.4, -0.2) is 26.9 Å². The quantitative estimate of drug-likeness (QED) is 0.895. The maximum atomic E-state index is 12.2. The Morgan fingerprint density at radius 1 is 1.29 bits per heavy atom. The molecule has 0 fully saturated rings. The van der Waals surface area contributed by atoms with Gasteiger partial charge in [0, 0.05) is 6.20 Å². The minimum Gasteiger partial charge on any atom is -0.368 e. The van der Waals surface area contributed by atoms with Crippen molar-refractivity contribution in [2.24, 2.45) is 0 Å². The summed E-state index contributed by atoms with van der Waals surface area (Å²) < 4.78 is 0. The average Bonchev–Trinajstić information content (AvgIpc) is 2.55. The van der Waals surface area contributed by atoms with E-state index in [2.05, 4.69) is 41.0 Å². The van der Waals surface area contributed by atoms with Crippen LogP contribution < -0.4 is 16.0 Å². The van der Waals surface area contributed by atoms with E-state index in [9.17, 15) is 4.79 Å². The van der Waals surface area contributed by atoms with Crippen LogP contribution in [0.15, 0.2) is 12.4 Å². The summed E-state index contributed by atoms with van der Waals surface area (Å²) >= 11 is 0. The lowest BCUT2D eigenvalue weighted by Gasteiger charge is -2.35. The van der Waals surface area contributed by atoms with Gasteiger partial charge in [-0.3, -0.25) is 9.78 Å². The Labute approximate surface area is 141 Å². The van der Waals surface area contributed by atoms with Crippen molar-refractivity contribution in [2.75, 3.05) is 16.0 Å².